The fraction of sp³-hybridized carbons (Fsp3) is 0.818. The molecule has 0 unspecified atom stereocenters. The molecule has 0 aromatic carbocycles. The summed E-state index contributed by atoms with van der Waals surface area (Å²) in [6.07, 6.45) is 4.98. The normalized spacial score (nSPS) is 25.0. The van der Waals surface area contributed by atoms with Gasteiger partial charge in [0.05, 0.1) is 0 Å². The topological polar surface area (TPSA) is 82.7 Å². The van der Waals surface area contributed by atoms with Gasteiger partial charge >= 0.3 is 11.4 Å². The molecule has 96 valence electrons. The van der Waals surface area contributed by atoms with E-state index in [4.69, 9.17) is 0 Å². The van der Waals surface area contributed by atoms with Gasteiger partial charge in [0.1, 0.15) is 0 Å². The van der Waals surface area contributed by atoms with Crippen LogP contribution in [-0.4, -0.2) is 27.4 Å². The third kappa shape index (κ3) is 2.69. The van der Waals surface area contributed by atoms with E-state index in [1.165, 1.54) is 4.57 Å². The molecule has 6 nitrogen and oxygen atoms in total. The third-order valence-corrected chi connectivity index (χ3v) is 3.46. The largest absolute Gasteiger partial charge is 0.344 e. The summed E-state index contributed by atoms with van der Waals surface area (Å²) >= 11 is 0. The van der Waals surface area contributed by atoms with Crippen molar-refractivity contribution < 1.29 is 0 Å². The molecule has 0 bridgehead atoms. The predicted octanol–water partition coefficient (Wildman–Crippen LogP) is 0.348. The zero-order valence-corrected chi connectivity index (χ0v) is 10.2. The maximum Gasteiger partial charge on any atom is 0.344 e. The lowest BCUT2D eigenvalue weighted by atomic mass is 9.91. The van der Waals surface area contributed by atoms with Crippen LogP contribution >= 0.6 is 0 Å². The van der Waals surface area contributed by atoms with E-state index in [-0.39, 0.29) is 17.4 Å². The minimum absolute atomic E-state index is 0.0529. The van der Waals surface area contributed by atoms with Gasteiger partial charge in [0.25, 0.3) is 0 Å². The standard InChI is InChI=1S/C11H20N4O2/c1-2-7-12-8-3-5-9(6-4-8)15-10(16)13-14-11(15)17/h8-9,12H,2-7H2,1H3,(H,13,16)(H,14,17). The van der Waals surface area contributed by atoms with Crippen LogP contribution in [0.5, 0.6) is 0 Å². The van der Waals surface area contributed by atoms with E-state index < -0.39 is 0 Å². The van der Waals surface area contributed by atoms with Crippen molar-refractivity contribution in [3.05, 3.63) is 21.0 Å². The first-order valence-electron chi connectivity index (χ1n) is 6.35. The summed E-state index contributed by atoms with van der Waals surface area (Å²) in [5, 5.41) is 8.15. The molecule has 1 aromatic rings. The van der Waals surface area contributed by atoms with Crippen molar-refractivity contribution in [2.45, 2.75) is 51.1 Å². The van der Waals surface area contributed by atoms with Crippen molar-refractivity contribution in [3.63, 3.8) is 0 Å². The van der Waals surface area contributed by atoms with E-state index in [0.717, 1.165) is 38.6 Å². The lowest BCUT2D eigenvalue weighted by Gasteiger charge is -2.28. The first-order chi connectivity index (χ1) is 8.22. The Morgan fingerprint density at radius 1 is 1.18 bits per heavy atom. The van der Waals surface area contributed by atoms with Crippen LogP contribution in [0, 0.1) is 0 Å². The molecule has 6 heteroatoms. The van der Waals surface area contributed by atoms with Gasteiger partial charge in [0.2, 0.25) is 0 Å². The highest BCUT2D eigenvalue weighted by atomic mass is 16.2. The van der Waals surface area contributed by atoms with Crippen molar-refractivity contribution in [3.8, 4) is 0 Å². The number of aromatic nitrogens is 3. The van der Waals surface area contributed by atoms with Crippen molar-refractivity contribution in [1.82, 2.24) is 20.1 Å². The SMILES string of the molecule is CCCNC1CCC(n2c(=O)[nH][nH]c2=O)CC1. The van der Waals surface area contributed by atoms with Gasteiger partial charge in [0, 0.05) is 12.1 Å². The molecule has 1 aliphatic carbocycles. The molecule has 1 aromatic heterocycles. The number of nitrogens with zero attached hydrogens (tertiary/aromatic N) is 1. The molecule has 0 amide bonds. The van der Waals surface area contributed by atoms with Crippen LogP contribution in [0.3, 0.4) is 0 Å². The Morgan fingerprint density at radius 2 is 1.76 bits per heavy atom. The molecule has 1 aliphatic rings. The maximum atomic E-state index is 11.5. The molecule has 1 saturated carbocycles. The second kappa shape index (κ2) is 5.35. The lowest BCUT2D eigenvalue weighted by Crippen LogP contribution is -2.38. The molecule has 0 saturated heterocycles. The van der Waals surface area contributed by atoms with Crippen LogP contribution in [0.25, 0.3) is 0 Å². The Bertz CT molecular complexity index is 423. The quantitative estimate of drug-likeness (QED) is 0.710. The Balaban J connectivity index is 1.95. The van der Waals surface area contributed by atoms with E-state index in [1.54, 1.807) is 0 Å². The summed E-state index contributed by atoms with van der Waals surface area (Å²) in [7, 11) is 0. The van der Waals surface area contributed by atoms with Crippen LogP contribution in [0.1, 0.15) is 45.1 Å². The third-order valence-electron chi connectivity index (χ3n) is 3.46. The van der Waals surface area contributed by atoms with Crippen LogP contribution in [0.15, 0.2) is 9.59 Å². The van der Waals surface area contributed by atoms with Gasteiger partial charge in [-0.05, 0) is 38.6 Å². The van der Waals surface area contributed by atoms with Gasteiger partial charge in [-0.2, -0.15) is 0 Å². The molecule has 1 fully saturated rings. The van der Waals surface area contributed by atoms with E-state index >= 15 is 0 Å². The summed E-state index contributed by atoms with van der Waals surface area (Å²) in [6.45, 7) is 3.19. The first-order valence-corrected chi connectivity index (χ1v) is 6.35. The van der Waals surface area contributed by atoms with Crippen molar-refractivity contribution in [2.24, 2.45) is 0 Å². The Kier molecular flexibility index (Phi) is 3.83. The van der Waals surface area contributed by atoms with Gasteiger partial charge in [-0.3, -0.25) is 0 Å². The fourth-order valence-corrected chi connectivity index (χ4v) is 2.54. The molecule has 0 aliphatic heterocycles. The van der Waals surface area contributed by atoms with E-state index in [1.807, 2.05) is 0 Å². The van der Waals surface area contributed by atoms with Crippen LogP contribution in [-0.2, 0) is 0 Å². The fourth-order valence-electron chi connectivity index (χ4n) is 2.54. The molecule has 2 rings (SSSR count). The Labute approximate surface area is 99.4 Å². The van der Waals surface area contributed by atoms with Crippen LogP contribution < -0.4 is 16.7 Å². The van der Waals surface area contributed by atoms with Gasteiger partial charge < -0.3 is 5.32 Å². The summed E-state index contributed by atoms with van der Waals surface area (Å²) in [5.74, 6) is 0. The molecule has 0 spiro atoms. The molecular formula is C11H20N4O2. The molecule has 0 atom stereocenters. The Morgan fingerprint density at radius 3 is 2.29 bits per heavy atom. The molecule has 0 radical (unpaired) electrons. The maximum absolute atomic E-state index is 11.5. The van der Waals surface area contributed by atoms with E-state index in [2.05, 4.69) is 22.4 Å². The van der Waals surface area contributed by atoms with Gasteiger partial charge in [-0.25, -0.2) is 24.4 Å². The predicted molar refractivity (Wildman–Crippen MR) is 65.3 cm³/mol. The zero-order chi connectivity index (χ0) is 12.3. The second-order valence-corrected chi connectivity index (χ2v) is 4.69. The van der Waals surface area contributed by atoms with Gasteiger partial charge in [-0.1, -0.05) is 6.92 Å². The molecule has 17 heavy (non-hydrogen) atoms. The van der Waals surface area contributed by atoms with Crippen LogP contribution in [0.4, 0.5) is 0 Å². The highest BCUT2D eigenvalue weighted by Crippen LogP contribution is 2.26. The summed E-state index contributed by atoms with van der Waals surface area (Å²) in [5.41, 5.74) is -0.639. The molecule has 3 N–H and O–H groups in total. The Hall–Kier alpha value is -1.30. The average molecular weight is 240 g/mol. The average Bonchev–Trinajstić information content (AvgIpc) is 2.67. The number of aromatic amines is 2. The summed E-state index contributed by atoms with van der Waals surface area (Å²) < 4.78 is 1.32. The molecule has 1 heterocycles. The summed E-state index contributed by atoms with van der Waals surface area (Å²) in [6, 6.07) is 0.595. The number of nitrogens with one attached hydrogen (secondary N) is 3. The second-order valence-electron chi connectivity index (χ2n) is 4.69. The van der Waals surface area contributed by atoms with E-state index in [0.29, 0.717) is 6.04 Å². The zero-order valence-electron chi connectivity index (χ0n) is 10.2. The number of rotatable bonds is 4. The lowest BCUT2D eigenvalue weighted by molar-refractivity contribution is 0.284. The highest BCUT2D eigenvalue weighted by molar-refractivity contribution is 4.83. The minimum atomic E-state index is -0.319. The van der Waals surface area contributed by atoms with Crippen LogP contribution in [0.2, 0.25) is 0 Å². The van der Waals surface area contributed by atoms with Crippen molar-refractivity contribution >= 4 is 0 Å². The highest BCUT2D eigenvalue weighted by Gasteiger charge is 2.24. The van der Waals surface area contributed by atoms with Gasteiger partial charge in [0.15, 0.2) is 0 Å². The number of hydrogen-bond acceptors (Lipinski definition) is 3. The minimum Gasteiger partial charge on any atom is -0.314 e. The van der Waals surface area contributed by atoms with E-state index in [9.17, 15) is 9.59 Å². The molecular weight excluding hydrogens is 220 g/mol. The first kappa shape index (κ1) is 12.2. The number of H-pyrrole nitrogens is 2. The van der Waals surface area contributed by atoms with Gasteiger partial charge in [-0.15, -0.1) is 0 Å². The number of hydrogen-bond donors (Lipinski definition) is 3. The smallest absolute Gasteiger partial charge is 0.314 e. The van der Waals surface area contributed by atoms with Crippen molar-refractivity contribution in [2.75, 3.05) is 6.54 Å². The monoisotopic (exact) mass is 240 g/mol. The van der Waals surface area contributed by atoms with Crippen molar-refractivity contribution in [1.29, 1.82) is 0 Å². The summed E-state index contributed by atoms with van der Waals surface area (Å²) in [4.78, 5) is 22.9.